The Morgan fingerprint density at radius 2 is 2.33 bits per heavy atom. The second-order valence-corrected chi connectivity index (χ2v) is 4.28. The van der Waals surface area contributed by atoms with Crippen molar-refractivity contribution in [3.63, 3.8) is 0 Å². The minimum atomic E-state index is 0.687. The Morgan fingerprint density at radius 3 is 3.13 bits per heavy atom. The zero-order chi connectivity index (χ0) is 10.7. The first-order valence-electron chi connectivity index (χ1n) is 4.95. The molecule has 1 aromatic rings. The van der Waals surface area contributed by atoms with Crippen molar-refractivity contribution in [1.29, 1.82) is 0 Å². The van der Waals surface area contributed by atoms with E-state index in [9.17, 15) is 0 Å². The number of halogens is 1. The maximum atomic E-state index is 5.45. The lowest BCUT2D eigenvalue weighted by atomic mass is 10.1. The number of benzene rings is 1. The van der Waals surface area contributed by atoms with Gasteiger partial charge in [0.05, 0.1) is 12.3 Å². The average molecular weight is 266 g/mol. The Morgan fingerprint density at radius 1 is 1.47 bits per heavy atom. The van der Waals surface area contributed by atoms with Gasteiger partial charge in [-0.25, -0.2) is 0 Å². The van der Waals surface area contributed by atoms with Crippen molar-refractivity contribution in [3.05, 3.63) is 28.2 Å². The number of aliphatic imine (C=N–C) groups is 1. The van der Waals surface area contributed by atoms with Gasteiger partial charge in [-0.1, -0.05) is 15.9 Å². The molecule has 0 fully saturated rings. The lowest BCUT2D eigenvalue weighted by molar-refractivity contribution is 0.340. The average Bonchev–Trinajstić information content (AvgIpc) is 2.38. The van der Waals surface area contributed by atoms with Crippen LogP contribution in [-0.4, -0.2) is 12.8 Å². The number of fused-ring (bicyclic) bond motifs is 1. The Balaban J connectivity index is 2.42. The molecule has 0 amide bonds. The molecule has 15 heavy (non-hydrogen) atoms. The molecule has 1 aromatic carbocycles. The fourth-order valence-electron chi connectivity index (χ4n) is 1.48. The molecule has 1 aliphatic heterocycles. The second kappa shape index (κ2) is 4.62. The molecule has 0 bridgehead atoms. The molecule has 3 heteroatoms. The summed E-state index contributed by atoms with van der Waals surface area (Å²) < 4.78 is 6.59. The Bertz CT molecular complexity index is 424. The molecule has 2 rings (SSSR count). The predicted molar refractivity (Wildman–Crippen MR) is 67.3 cm³/mol. The van der Waals surface area contributed by atoms with E-state index >= 15 is 0 Å². The zero-order valence-corrected chi connectivity index (χ0v) is 10.1. The summed E-state index contributed by atoms with van der Waals surface area (Å²) in [5, 5.41) is 0. The van der Waals surface area contributed by atoms with Crippen LogP contribution < -0.4 is 4.74 Å². The van der Waals surface area contributed by atoms with E-state index < -0.39 is 0 Å². The summed E-state index contributed by atoms with van der Waals surface area (Å²) in [6.45, 7) is 2.67. The SMILES string of the molecule is CCOc1ccc2c(c1)C=C(Br)CC=N2. The van der Waals surface area contributed by atoms with Crippen LogP contribution in [0.2, 0.25) is 0 Å². The molecule has 0 spiro atoms. The van der Waals surface area contributed by atoms with Crippen LogP contribution in [0.5, 0.6) is 5.75 Å². The molecule has 2 nitrogen and oxygen atoms in total. The summed E-state index contributed by atoms with van der Waals surface area (Å²) >= 11 is 3.50. The van der Waals surface area contributed by atoms with Gasteiger partial charge in [0.1, 0.15) is 5.75 Å². The Hall–Kier alpha value is -1.09. The molecule has 0 unspecified atom stereocenters. The van der Waals surface area contributed by atoms with Gasteiger partial charge in [0, 0.05) is 22.7 Å². The third-order valence-corrected chi connectivity index (χ3v) is 2.69. The molecule has 0 N–H and O–H groups in total. The van der Waals surface area contributed by atoms with E-state index in [0.29, 0.717) is 6.61 Å². The van der Waals surface area contributed by atoms with Crippen LogP contribution in [0.15, 0.2) is 27.7 Å². The van der Waals surface area contributed by atoms with Crippen LogP contribution in [0.3, 0.4) is 0 Å². The maximum Gasteiger partial charge on any atom is 0.120 e. The van der Waals surface area contributed by atoms with Gasteiger partial charge in [-0.3, -0.25) is 4.99 Å². The predicted octanol–water partition coefficient (Wildman–Crippen LogP) is 3.93. The summed E-state index contributed by atoms with van der Waals surface area (Å²) in [5.74, 6) is 0.893. The third-order valence-electron chi connectivity index (χ3n) is 2.14. The fraction of sp³-hybridized carbons (Fsp3) is 0.250. The summed E-state index contributed by atoms with van der Waals surface area (Å²) in [6, 6.07) is 5.95. The van der Waals surface area contributed by atoms with Gasteiger partial charge in [-0.15, -0.1) is 0 Å². The minimum Gasteiger partial charge on any atom is -0.494 e. The van der Waals surface area contributed by atoms with E-state index in [-0.39, 0.29) is 0 Å². The highest BCUT2D eigenvalue weighted by molar-refractivity contribution is 9.11. The second-order valence-electron chi connectivity index (χ2n) is 3.26. The van der Waals surface area contributed by atoms with Crippen molar-refractivity contribution >= 4 is 33.9 Å². The van der Waals surface area contributed by atoms with E-state index in [1.54, 1.807) is 0 Å². The number of hydrogen-bond acceptors (Lipinski definition) is 2. The van der Waals surface area contributed by atoms with Crippen LogP contribution >= 0.6 is 15.9 Å². The van der Waals surface area contributed by atoms with Crippen LogP contribution in [0, 0.1) is 0 Å². The smallest absolute Gasteiger partial charge is 0.120 e. The van der Waals surface area contributed by atoms with E-state index in [0.717, 1.165) is 27.9 Å². The highest BCUT2D eigenvalue weighted by atomic mass is 79.9. The van der Waals surface area contributed by atoms with Crippen molar-refractivity contribution < 1.29 is 4.74 Å². The van der Waals surface area contributed by atoms with Crippen LogP contribution in [0.1, 0.15) is 18.9 Å². The Labute approximate surface area is 97.8 Å². The van der Waals surface area contributed by atoms with E-state index in [1.807, 2.05) is 31.3 Å². The van der Waals surface area contributed by atoms with Gasteiger partial charge >= 0.3 is 0 Å². The van der Waals surface area contributed by atoms with Gasteiger partial charge in [-0.2, -0.15) is 0 Å². The summed E-state index contributed by atoms with van der Waals surface area (Å²) in [5.41, 5.74) is 2.09. The topological polar surface area (TPSA) is 21.6 Å². The summed E-state index contributed by atoms with van der Waals surface area (Å²) in [4.78, 5) is 4.38. The summed E-state index contributed by atoms with van der Waals surface area (Å²) in [7, 11) is 0. The highest BCUT2D eigenvalue weighted by Gasteiger charge is 2.05. The van der Waals surface area contributed by atoms with E-state index in [4.69, 9.17) is 4.74 Å². The zero-order valence-electron chi connectivity index (χ0n) is 8.53. The number of hydrogen-bond donors (Lipinski definition) is 0. The lowest BCUT2D eigenvalue weighted by Crippen LogP contribution is -1.91. The van der Waals surface area contributed by atoms with Gasteiger partial charge in [-0.05, 0) is 31.2 Å². The van der Waals surface area contributed by atoms with Crippen molar-refractivity contribution in [2.45, 2.75) is 13.3 Å². The minimum absolute atomic E-state index is 0.687. The molecule has 0 saturated heterocycles. The molecule has 1 heterocycles. The van der Waals surface area contributed by atoms with Crippen LogP contribution in [-0.2, 0) is 0 Å². The monoisotopic (exact) mass is 265 g/mol. The van der Waals surface area contributed by atoms with Gasteiger partial charge < -0.3 is 4.74 Å². The summed E-state index contributed by atoms with van der Waals surface area (Å²) in [6.07, 6.45) is 4.84. The number of ether oxygens (including phenoxy) is 1. The van der Waals surface area contributed by atoms with Crippen molar-refractivity contribution in [2.24, 2.45) is 4.99 Å². The van der Waals surface area contributed by atoms with E-state index in [1.165, 1.54) is 0 Å². The largest absolute Gasteiger partial charge is 0.494 e. The molecular weight excluding hydrogens is 254 g/mol. The first-order valence-corrected chi connectivity index (χ1v) is 5.74. The molecule has 0 aliphatic carbocycles. The van der Waals surface area contributed by atoms with Gasteiger partial charge in [0.15, 0.2) is 0 Å². The quantitative estimate of drug-likeness (QED) is 0.794. The van der Waals surface area contributed by atoms with Crippen molar-refractivity contribution in [3.8, 4) is 5.75 Å². The van der Waals surface area contributed by atoms with Gasteiger partial charge in [0.2, 0.25) is 0 Å². The number of allylic oxidation sites excluding steroid dienone is 1. The molecule has 0 atom stereocenters. The number of nitrogens with zero attached hydrogens (tertiary/aromatic N) is 1. The molecule has 0 radical (unpaired) electrons. The van der Waals surface area contributed by atoms with Crippen molar-refractivity contribution in [2.75, 3.05) is 6.61 Å². The maximum absolute atomic E-state index is 5.45. The van der Waals surface area contributed by atoms with Gasteiger partial charge in [0.25, 0.3) is 0 Å². The third kappa shape index (κ3) is 2.48. The normalized spacial score (nSPS) is 14.1. The standard InChI is InChI=1S/C12H12BrNO/c1-2-15-11-3-4-12-9(8-11)7-10(13)5-6-14-12/h3-4,6-8H,2,5H2,1H3. The van der Waals surface area contributed by atoms with Crippen LogP contribution in [0.4, 0.5) is 5.69 Å². The lowest BCUT2D eigenvalue weighted by Gasteiger charge is -2.05. The van der Waals surface area contributed by atoms with Crippen molar-refractivity contribution in [1.82, 2.24) is 0 Å². The molecular formula is C12H12BrNO. The molecule has 0 saturated carbocycles. The molecule has 78 valence electrons. The van der Waals surface area contributed by atoms with Crippen LogP contribution in [0.25, 0.3) is 6.08 Å². The number of rotatable bonds is 2. The van der Waals surface area contributed by atoms with E-state index in [2.05, 4.69) is 27.0 Å². The first-order chi connectivity index (χ1) is 7.29. The molecule has 0 aromatic heterocycles. The highest BCUT2D eigenvalue weighted by Crippen LogP contribution is 2.30. The first kappa shape index (κ1) is 10.4. The molecule has 1 aliphatic rings. The Kier molecular flexibility index (Phi) is 3.21. The fourth-order valence-corrected chi connectivity index (χ4v) is 1.87.